The predicted molar refractivity (Wildman–Crippen MR) is 97.9 cm³/mol. The normalized spacial score (nSPS) is 47.5. The highest BCUT2D eigenvalue weighted by Crippen LogP contribution is 2.64. The van der Waals surface area contributed by atoms with Gasteiger partial charge in [0.1, 0.15) is 0 Å². The largest absolute Gasteiger partial charge is 0.393 e. The van der Waals surface area contributed by atoms with Crippen molar-refractivity contribution < 1.29 is 9.90 Å². The molecule has 5 heteroatoms. The van der Waals surface area contributed by atoms with Crippen LogP contribution in [0.5, 0.6) is 0 Å². The van der Waals surface area contributed by atoms with Crippen molar-refractivity contribution in [2.45, 2.75) is 71.3 Å². The predicted octanol–water partition coefficient (Wildman–Crippen LogP) is 3.33. The second-order valence-electron chi connectivity index (χ2n) is 9.19. The van der Waals surface area contributed by atoms with Gasteiger partial charge in [-0.3, -0.25) is 0 Å². The van der Waals surface area contributed by atoms with Gasteiger partial charge in [0.25, 0.3) is 0 Å². The van der Waals surface area contributed by atoms with Gasteiger partial charge in [-0.25, -0.2) is 10.2 Å². The summed E-state index contributed by atoms with van der Waals surface area (Å²) >= 11 is 0. The van der Waals surface area contributed by atoms with E-state index in [0.717, 1.165) is 50.2 Å². The molecule has 4 aliphatic rings. The highest BCUT2D eigenvalue weighted by molar-refractivity contribution is 5.93. The lowest BCUT2D eigenvalue weighted by Crippen LogP contribution is -2.50. The van der Waals surface area contributed by atoms with E-state index in [-0.39, 0.29) is 16.9 Å². The van der Waals surface area contributed by atoms with Crippen LogP contribution in [-0.4, -0.2) is 23.0 Å². The third kappa shape index (κ3) is 2.54. The number of carbonyl (C=O) groups is 1. The average molecular weight is 345 g/mol. The summed E-state index contributed by atoms with van der Waals surface area (Å²) < 4.78 is 0. The second-order valence-corrected chi connectivity index (χ2v) is 9.19. The van der Waals surface area contributed by atoms with E-state index in [1.807, 2.05) is 0 Å². The molecule has 0 heterocycles. The topological polar surface area (TPSA) is 87.7 Å². The molecule has 4 aliphatic carbocycles. The van der Waals surface area contributed by atoms with Crippen molar-refractivity contribution in [3.63, 3.8) is 0 Å². The second kappa shape index (κ2) is 5.83. The van der Waals surface area contributed by atoms with Crippen LogP contribution in [0.4, 0.5) is 4.79 Å². The van der Waals surface area contributed by atoms with Crippen molar-refractivity contribution in [2.75, 3.05) is 0 Å². The summed E-state index contributed by atoms with van der Waals surface area (Å²) in [4.78, 5) is 11.1. The molecule has 138 valence electrons. The molecule has 0 aliphatic heterocycles. The van der Waals surface area contributed by atoms with Crippen LogP contribution in [0.2, 0.25) is 0 Å². The number of nitrogens with one attached hydrogen (secondary N) is 1. The summed E-state index contributed by atoms with van der Waals surface area (Å²) in [6, 6.07) is -0.577. The molecule has 4 rings (SSSR count). The highest BCUT2D eigenvalue weighted by atomic mass is 16.3. The number of aliphatic hydroxyl groups is 1. The first-order chi connectivity index (χ1) is 11.8. The Kier molecular flexibility index (Phi) is 3.98. The minimum atomic E-state index is -0.577. The lowest BCUT2D eigenvalue weighted by molar-refractivity contribution is -0.0209. The van der Waals surface area contributed by atoms with Crippen molar-refractivity contribution >= 4 is 11.7 Å². The van der Waals surface area contributed by atoms with E-state index < -0.39 is 6.03 Å². The number of allylic oxidation sites excluding steroid dienone is 1. The number of urea groups is 1. The number of hydrazone groups is 1. The fraction of sp³-hybridized carbons (Fsp3) is 0.800. The summed E-state index contributed by atoms with van der Waals surface area (Å²) in [6.45, 7) is 4.79. The lowest BCUT2D eigenvalue weighted by atomic mass is 9.48. The van der Waals surface area contributed by atoms with Gasteiger partial charge in [0.2, 0.25) is 0 Å². The van der Waals surface area contributed by atoms with Gasteiger partial charge in [-0.15, -0.1) is 0 Å². The molecule has 0 radical (unpaired) electrons. The van der Waals surface area contributed by atoms with Crippen LogP contribution in [-0.2, 0) is 0 Å². The monoisotopic (exact) mass is 345 g/mol. The molecule has 0 aromatic rings. The number of amides is 2. The highest BCUT2D eigenvalue weighted by Gasteiger charge is 2.57. The van der Waals surface area contributed by atoms with Crippen LogP contribution in [0.1, 0.15) is 65.2 Å². The smallest absolute Gasteiger partial charge is 0.332 e. The zero-order valence-corrected chi connectivity index (χ0v) is 15.4. The van der Waals surface area contributed by atoms with Gasteiger partial charge in [-0.05, 0) is 74.5 Å². The Morgan fingerprint density at radius 3 is 2.72 bits per heavy atom. The van der Waals surface area contributed by atoms with E-state index in [1.165, 1.54) is 18.4 Å². The first-order valence-electron chi connectivity index (χ1n) is 9.84. The summed E-state index contributed by atoms with van der Waals surface area (Å²) in [5.41, 5.74) is 10.7. The Morgan fingerprint density at radius 2 is 1.96 bits per heavy atom. The average Bonchev–Trinajstić information content (AvgIpc) is 2.90. The van der Waals surface area contributed by atoms with Gasteiger partial charge in [0, 0.05) is 11.1 Å². The molecule has 0 spiro atoms. The molecule has 2 amide bonds. The van der Waals surface area contributed by atoms with Crippen LogP contribution in [0.3, 0.4) is 0 Å². The Morgan fingerprint density at radius 1 is 1.24 bits per heavy atom. The van der Waals surface area contributed by atoms with E-state index >= 15 is 0 Å². The zero-order chi connectivity index (χ0) is 17.8. The molecule has 0 saturated heterocycles. The van der Waals surface area contributed by atoms with Crippen LogP contribution < -0.4 is 11.2 Å². The zero-order valence-electron chi connectivity index (χ0n) is 15.4. The van der Waals surface area contributed by atoms with Gasteiger partial charge in [0.05, 0.1) is 6.10 Å². The summed E-state index contributed by atoms with van der Waals surface area (Å²) in [6.07, 6.45) is 10.9. The van der Waals surface area contributed by atoms with Gasteiger partial charge in [0.15, 0.2) is 0 Å². The number of carbonyl (C=O) groups excluding carboxylic acids is 1. The minimum absolute atomic E-state index is 0.0967. The van der Waals surface area contributed by atoms with Crippen molar-refractivity contribution in [3.05, 3.63) is 11.6 Å². The number of aliphatic hydroxyl groups excluding tert-OH is 1. The molecule has 25 heavy (non-hydrogen) atoms. The maximum absolute atomic E-state index is 11.1. The minimum Gasteiger partial charge on any atom is -0.393 e. The van der Waals surface area contributed by atoms with E-state index in [4.69, 9.17) is 5.73 Å². The Labute approximate surface area is 150 Å². The maximum atomic E-state index is 11.1. The molecular formula is C20H31N3O2. The fourth-order valence-electron chi connectivity index (χ4n) is 6.74. The van der Waals surface area contributed by atoms with Crippen LogP contribution >= 0.6 is 0 Å². The molecule has 6 atom stereocenters. The quantitative estimate of drug-likeness (QED) is 0.503. The Bertz CT molecular complexity index is 643. The van der Waals surface area contributed by atoms with E-state index in [0.29, 0.717) is 11.8 Å². The third-order valence-corrected chi connectivity index (χ3v) is 8.12. The third-order valence-electron chi connectivity index (χ3n) is 8.12. The fourth-order valence-corrected chi connectivity index (χ4v) is 6.74. The number of rotatable bonds is 1. The molecule has 0 unspecified atom stereocenters. The summed E-state index contributed by atoms with van der Waals surface area (Å²) in [5.74, 6) is 2.06. The van der Waals surface area contributed by atoms with E-state index in [2.05, 4.69) is 30.5 Å². The first-order valence-corrected chi connectivity index (χ1v) is 9.84. The van der Waals surface area contributed by atoms with Crippen LogP contribution in [0.25, 0.3) is 0 Å². The van der Waals surface area contributed by atoms with E-state index in [1.54, 1.807) is 0 Å². The molecule has 5 nitrogen and oxygen atoms in total. The van der Waals surface area contributed by atoms with Gasteiger partial charge < -0.3 is 10.8 Å². The standard InChI is InChI=1S/C20H31N3O2/c1-19-9-7-13(24)11-12(19)3-4-14-15-5-6-17(22-23-18(21)25)20(15,2)10-8-16(14)19/h3,13-16,24H,4-11H2,1-2H3,(H3,21,23,25)/b22-17-/t13-,14+,15-,16-,19-,20+/m0/s1. The molecule has 3 fully saturated rings. The Hall–Kier alpha value is -1.36. The van der Waals surface area contributed by atoms with Gasteiger partial charge in [-0.2, -0.15) is 5.10 Å². The van der Waals surface area contributed by atoms with E-state index in [9.17, 15) is 9.90 Å². The number of fused-ring (bicyclic) bond motifs is 5. The molecule has 0 aromatic carbocycles. The van der Waals surface area contributed by atoms with Crippen molar-refractivity contribution in [2.24, 2.45) is 39.4 Å². The number of hydrogen-bond donors (Lipinski definition) is 3. The number of nitrogens with zero attached hydrogens (tertiary/aromatic N) is 1. The van der Waals surface area contributed by atoms with Crippen molar-refractivity contribution in [1.82, 2.24) is 5.43 Å². The number of hydrogen-bond acceptors (Lipinski definition) is 3. The summed E-state index contributed by atoms with van der Waals surface area (Å²) in [7, 11) is 0. The SMILES string of the molecule is C[C@]12CC[C@H](O)CC1=CC[C@H]1[C@@H]2CC[C@@]2(C)/C(=N\NC(N)=O)CC[C@@H]12. The molecule has 4 N–H and O–H groups in total. The van der Waals surface area contributed by atoms with Crippen LogP contribution in [0.15, 0.2) is 16.8 Å². The number of nitrogens with two attached hydrogens (primary N) is 1. The van der Waals surface area contributed by atoms with Crippen LogP contribution in [0, 0.1) is 28.6 Å². The lowest BCUT2D eigenvalue weighted by Gasteiger charge is -2.57. The Balaban J connectivity index is 1.62. The van der Waals surface area contributed by atoms with Gasteiger partial charge >= 0.3 is 6.03 Å². The molecule has 0 aromatic heterocycles. The first kappa shape index (κ1) is 17.1. The van der Waals surface area contributed by atoms with Crippen molar-refractivity contribution in [3.8, 4) is 0 Å². The van der Waals surface area contributed by atoms with Crippen molar-refractivity contribution in [1.29, 1.82) is 0 Å². The number of primary amides is 1. The van der Waals surface area contributed by atoms with Gasteiger partial charge in [-0.1, -0.05) is 25.5 Å². The maximum Gasteiger partial charge on any atom is 0.332 e. The molecule has 0 bridgehead atoms. The summed E-state index contributed by atoms with van der Waals surface area (Å²) in [5, 5.41) is 14.5. The molecule has 3 saturated carbocycles. The molecular weight excluding hydrogens is 314 g/mol.